The maximum Gasteiger partial charge on any atom is 0.146 e. The molecular weight excluding hydrogens is 150 g/mol. The Morgan fingerprint density at radius 2 is 2.00 bits per heavy atom. The van der Waals surface area contributed by atoms with E-state index in [0.717, 1.165) is 12.3 Å². The Morgan fingerprint density at radius 3 is 2.50 bits per heavy atom. The monoisotopic (exact) mass is 169 g/mol. The smallest absolute Gasteiger partial charge is 0.146 e. The molecule has 0 radical (unpaired) electrons. The summed E-state index contributed by atoms with van der Waals surface area (Å²) in [7, 11) is 0. The Hall–Kier alpha value is -0.370. The van der Waals surface area contributed by atoms with Gasteiger partial charge in [-0.3, -0.25) is 4.79 Å². The summed E-state index contributed by atoms with van der Waals surface area (Å²) in [4.78, 5) is 10.9. The van der Waals surface area contributed by atoms with Crippen LogP contribution in [0.3, 0.4) is 0 Å². The van der Waals surface area contributed by atoms with Gasteiger partial charge in [0, 0.05) is 0 Å². The molecular formula is C10H19NO. The third kappa shape index (κ3) is 2.94. The predicted octanol–water partition coefficient (Wildman–Crippen LogP) is 1.87. The fourth-order valence-corrected chi connectivity index (χ4v) is 1.95. The Morgan fingerprint density at radius 1 is 1.42 bits per heavy atom. The maximum absolute atomic E-state index is 10.9. The van der Waals surface area contributed by atoms with E-state index in [1.807, 2.05) is 0 Å². The molecule has 0 aromatic carbocycles. The average molecular weight is 169 g/mol. The van der Waals surface area contributed by atoms with Gasteiger partial charge in [-0.1, -0.05) is 32.1 Å². The molecule has 0 aromatic heterocycles. The standard InChI is InChI=1S/C10H19NO/c1-8(12)10(11)7-9-5-3-2-4-6-9/h9-10H,2-7,11H2,1H3. The molecule has 2 N–H and O–H groups in total. The van der Waals surface area contributed by atoms with E-state index in [0.29, 0.717) is 0 Å². The van der Waals surface area contributed by atoms with Crippen molar-refractivity contribution in [2.45, 2.75) is 51.5 Å². The normalized spacial score (nSPS) is 22.2. The van der Waals surface area contributed by atoms with Gasteiger partial charge in [0.15, 0.2) is 0 Å². The number of hydrogen-bond donors (Lipinski definition) is 1. The van der Waals surface area contributed by atoms with Crippen LogP contribution in [-0.4, -0.2) is 11.8 Å². The minimum atomic E-state index is -0.201. The summed E-state index contributed by atoms with van der Waals surface area (Å²) in [5.41, 5.74) is 5.70. The van der Waals surface area contributed by atoms with Crippen molar-refractivity contribution in [1.82, 2.24) is 0 Å². The molecule has 0 amide bonds. The van der Waals surface area contributed by atoms with Gasteiger partial charge in [0.1, 0.15) is 5.78 Å². The topological polar surface area (TPSA) is 43.1 Å². The summed E-state index contributed by atoms with van der Waals surface area (Å²) >= 11 is 0. The van der Waals surface area contributed by atoms with Crippen molar-refractivity contribution >= 4 is 5.78 Å². The van der Waals surface area contributed by atoms with Gasteiger partial charge in [0.2, 0.25) is 0 Å². The highest BCUT2D eigenvalue weighted by molar-refractivity contribution is 5.81. The second-order valence-electron chi connectivity index (χ2n) is 3.96. The molecule has 1 saturated carbocycles. The van der Waals surface area contributed by atoms with Crippen molar-refractivity contribution in [2.75, 3.05) is 0 Å². The zero-order valence-electron chi connectivity index (χ0n) is 7.88. The largest absolute Gasteiger partial charge is 0.322 e. The minimum absolute atomic E-state index is 0.139. The van der Waals surface area contributed by atoms with Crippen molar-refractivity contribution in [2.24, 2.45) is 11.7 Å². The van der Waals surface area contributed by atoms with Crippen molar-refractivity contribution in [3.8, 4) is 0 Å². The number of rotatable bonds is 3. The number of hydrogen-bond acceptors (Lipinski definition) is 2. The fraction of sp³-hybridized carbons (Fsp3) is 0.900. The lowest BCUT2D eigenvalue weighted by Gasteiger charge is -2.23. The van der Waals surface area contributed by atoms with Crippen LogP contribution in [0.15, 0.2) is 0 Å². The first-order valence-corrected chi connectivity index (χ1v) is 4.96. The molecule has 1 aliphatic rings. The van der Waals surface area contributed by atoms with Gasteiger partial charge >= 0.3 is 0 Å². The third-order valence-corrected chi connectivity index (χ3v) is 2.83. The number of carbonyl (C=O) groups is 1. The highest BCUT2D eigenvalue weighted by Crippen LogP contribution is 2.26. The molecule has 1 unspecified atom stereocenters. The second-order valence-corrected chi connectivity index (χ2v) is 3.96. The molecule has 2 heteroatoms. The molecule has 1 aliphatic carbocycles. The first-order valence-electron chi connectivity index (χ1n) is 4.96. The lowest BCUT2D eigenvalue weighted by Crippen LogP contribution is -2.31. The van der Waals surface area contributed by atoms with Gasteiger partial charge in [-0.25, -0.2) is 0 Å². The van der Waals surface area contributed by atoms with Gasteiger partial charge in [-0.15, -0.1) is 0 Å². The summed E-state index contributed by atoms with van der Waals surface area (Å²) in [6, 6.07) is -0.201. The zero-order valence-corrected chi connectivity index (χ0v) is 7.88. The first kappa shape index (κ1) is 9.72. The van der Waals surface area contributed by atoms with Crippen molar-refractivity contribution in [1.29, 1.82) is 0 Å². The summed E-state index contributed by atoms with van der Waals surface area (Å²) < 4.78 is 0. The van der Waals surface area contributed by atoms with Crippen LogP contribution in [0.1, 0.15) is 45.4 Å². The molecule has 0 heterocycles. The van der Waals surface area contributed by atoms with Gasteiger partial charge in [0.25, 0.3) is 0 Å². The Kier molecular flexibility index (Phi) is 3.73. The fourth-order valence-electron chi connectivity index (χ4n) is 1.95. The van der Waals surface area contributed by atoms with E-state index >= 15 is 0 Å². The summed E-state index contributed by atoms with van der Waals surface area (Å²) in [5.74, 6) is 0.859. The number of nitrogens with two attached hydrogens (primary N) is 1. The first-order chi connectivity index (χ1) is 5.70. The van der Waals surface area contributed by atoms with E-state index in [1.54, 1.807) is 6.92 Å². The molecule has 0 bridgehead atoms. The van der Waals surface area contributed by atoms with Crippen molar-refractivity contribution < 1.29 is 4.79 Å². The van der Waals surface area contributed by atoms with Gasteiger partial charge in [0.05, 0.1) is 6.04 Å². The highest BCUT2D eigenvalue weighted by Gasteiger charge is 2.18. The molecule has 2 nitrogen and oxygen atoms in total. The molecule has 1 fully saturated rings. The van der Waals surface area contributed by atoms with Crippen LogP contribution in [0.25, 0.3) is 0 Å². The van der Waals surface area contributed by atoms with Crippen LogP contribution >= 0.6 is 0 Å². The Balaban J connectivity index is 2.24. The van der Waals surface area contributed by atoms with Crippen molar-refractivity contribution in [3.05, 3.63) is 0 Å². The number of Topliss-reactive ketones (excluding diaryl/α,β-unsaturated/α-hetero) is 1. The Bertz CT molecular complexity index is 150. The van der Waals surface area contributed by atoms with Crippen LogP contribution in [-0.2, 0) is 4.79 Å². The molecule has 0 spiro atoms. The molecule has 0 aromatic rings. The van der Waals surface area contributed by atoms with Gasteiger partial charge in [-0.05, 0) is 19.3 Å². The quantitative estimate of drug-likeness (QED) is 0.701. The van der Waals surface area contributed by atoms with Crippen LogP contribution in [0.4, 0.5) is 0 Å². The van der Waals surface area contributed by atoms with E-state index in [2.05, 4.69) is 0 Å². The molecule has 70 valence electrons. The van der Waals surface area contributed by atoms with E-state index in [9.17, 15) is 4.79 Å². The van der Waals surface area contributed by atoms with E-state index < -0.39 is 0 Å². The third-order valence-electron chi connectivity index (χ3n) is 2.83. The summed E-state index contributed by atoms with van der Waals surface area (Å²) in [6.45, 7) is 1.59. The minimum Gasteiger partial charge on any atom is -0.322 e. The average Bonchev–Trinajstić information content (AvgIpc) is 2.06. The van der Waals surface area contributed by atoms with Gasteiger partial charge < -0.3 is 5.73 Å². The number of carbonyl (C=O) groups excluding carboxylic acids is 1. The van der Waals surface area contributed by atoms with Crippen molar-refractivity contribution in [3.63, 3.8) is 0 Å². The van der Waals surface area contributed by atoms with E-state index in [-0.39, 0.29) is 11.8 Å². The lowest BCUT2D eigenvalue weighted by molar-refractivity contribution is -0.118. The highest BCUT2D eigenvalue weighted by atomic mass is 16.1. The SMILES string of the molecule is CC(=O)C(N)CC1CCCCC1. The van der Waals surface area contributed by atoms with E-state index in [1.165, 1.54) is 32.1 Å². The Labute approximate surface area is 74.5 Å². The lowest BCUT2D eigenvalue weighted by atomic mass is 9.84. The second kappa shape index (κ2) is 4.61. The molecule has 1 atom stereocenters. The van der Waals surface area contributed by atoms with Crippen LogP contribution in [0, 0.1) is 5.92 Å². The predicted molar refractivity (Wildman–Crippen MR) is 49.8 cm³/mol. The molecule has 12 heavy (non-hydrogen) atoms. The van der Waals surface area contributed by atoms with Crippen LogP contribution < -0.4 is 5.73 Å². The molecule has 0 saturated heterocycles. The van der Waals surface area contributed by atoms with Crippen LogP contribution in [0.5, 0.6) is 0 Å². The molecule has 0 aliphatic heterocycles. The number of ketones is 1. The van der Waals surface area contributed by atoms with Crippen LogP contribution in [0.2, 0.25) is 0 Å². The summed E-state index contributed by atoms with van der Waals surface area (Å²) in [5, 5.41) is 0. The van der Waals surface area contributed by atoms with E-state index in [4.69, 9.17) is 5.73 Å². The maximum atomic E-state index is 10.9. The van der Waals surface area contributed by atoms with Gasteiger partial charge in [-0.2, -0.15) is 0 Å². The molecule has 1 rings (SSSR count). The zero-order chi connectivity index (χ0) is 8.97. The summed E-state index contributed by atoms with van der Waals surface area (Å²) in [6.07, 6.45) is 7.49.